The zero-order chi connectivity index (χ0) is 26.5. The van der Waals surface area contributed by atoms with Gasteiger partial charge >= 0.3 is 0 Å². The summed E-state index contributed by atoms with van der Waals surface area (Å²) in [5.41, 5.74) is 8.39. The molecule has 0 aliphatic rings. The van der Waals surface area contributed by atoms with Crippen molar-refractivity contribution in [2.75, 3.05) is 0 Å². The Hall–Kier alpha value is -5.34. The van der Waals surface area contributed by atoms with Crippen LogP contribution in [0.4, 0.5) is 0 Å². The number of hydrogen-bond donors (Lipinski definition) is 0. The smallest absolute Gasteiger partial charge is 0.144 e. The van der Waals surface area contributed by atoms with Gasteiger partial charge in [0.05, 0.1) is 0 Å². The Balaban J connectivity index is 1.49. The van der Waals surface area contributed by atoms with Crippen LogP contribution in [-0.2, 0) is 0 Å². The van der Waals surface area contributed by atoms with Crippen LogP contribution in [0.2, 0.25) is 0 Å². The largest absolute Gasteiger partial charge is 0.456 e. The van der Waals surface area contributed by atoms with E-state index in [4.69, 9.17) is 8.83 Å². The molecule has 0 N–H and O–H groups in total. The van der Waals surface area contributed by atoms with Gasteiger partial charge in [0, 0.05) is 32.7 Å². The Morgan fingerprint density at radius 2 is 0.875 bits per heavy atom. The maximum absolute atomic E-state index is 7.05. The minimum absolute atomic E-state index is 0.850. The van der Waals surface area contributed by atoms with Crippen molar-refractivity contribution in [3.05, 3.63) is 146 Å². The molecule has 2 heteroatoms. The molecule has 0 atom stereocenters. The van der Waals surface area contributed by atoms with Gasteiger partial charge in [0.2, 0.25) is 0 Å². The number of hydrogen-bond acceptors (Lipinski definition) is 2. The van der Waals surface area contributed by atoms with Gasteiger partial charge in [-0.3, -0.25) is 0 Å². The minimum atomic E-state index is 0.850. The van der Waals surface area contributed by atoms with Crippen molar-refractivity contribution in [1.82, 2.24) is 0 Å². The van der Waals surface area contributed by atoms with Gasteiger partial charge in [-0.15, -0.1) is 0 Å². The number of rotatable bonds is 4. The van der Waals surface area contributed by atoms with Crippen molar-refractivity contribution >= 4 is 32.7 Å². The average molecular weight is 513 g/mol. The molecule has 8 aromatic rings. The molecule has 2 aromatic heterocycles. The van der Waals surface area contributed by atoms with Crippen molar-refractivity contribution in [3.63, 3.8) is 0 Å². The molecular weight excluding hydrogens is 488 g/mol. The van der Waals surface area contributed by atoms with Crippen LogP contribution in [0.5, 0.6) is 0 Å². The van der Waals surface area contributed by atoms with Gasteiger partial charge in [0.25, 0.3) is 0 Å². The standard InChI is InChI=1S/C38H24O2/c1-3-13-25(14-4-1)27-17-7-8-18-29(27)37-30-19-9-10-20-31(30)38(40-37)36-28(26-15-5-2-6-16-26)23-24-34-35(36)32-21-11-12-22-33(32)39-34/h1-24H. The Labute approximate surface area is 231 Å². The van der Waals surface area contributed by atoms with Crippen LogP contribution < -0.4 is 0 Å². The molecule has 2 heterocycles. The molecule has 0 fully saturated rings. The van der Waals surface area contributed by atoms with E-state index in [1.807, 2.05) is 18.2 Å². The Morgan fingerprint density at radius 1 is 0.325 bits per heavy atom. The highest BCUT2D eigenvalue weighted by molar-refractivity contribution is 6.19. The Morgan fingerprint density at radius 3 is 1.60 bits per heavy atom. The molecule has 0 saturated carbocycles. The number of benzene rings is 6. The molecule has 2 nitrogen and oxygen atoms in total. The first-order chi connectivity index (χ1) is 19.9. The lowest BCUT2D eigenvalue weighted by Gasteiger charge is -2.11. The van der Waals surface area contributed by atoms with Gasteiger partial charge in [-0.05, 0) is 40.5 Å². The lowest BCUT2D eigenvalue weighted by molar-refractivity contribution is 0.603. The van der Waals surface area contributed by atoms with Crippen LogP contribution in [0.15, 0.2) is 154 Å². The Bertz CT molecular complexity index is 2150. The highest BCUT2D eigenvalue weighted by Crippen LogP contribution is 2.48. The van der Waals surface area contributed by atoms with Crippen molar-refractivity contribution in [2.45, 2.75) is 0 Å². The maximum atomic E-state index is 7.05. The van der Waals surface area contributed by atoms with Crippen molar-refractivity contribution < 1.29 is 8.83 Å². The molecule has 0 spiro atoms. The predicted octanol–water partition coefficient (Wildman–Crippen LogP) is 11.0. The van der Waals surface area contributed by atoms with E-state index < -0.39 is 0 Å². The first-order valence-corrected chi connectivity index (χ1v) is 13.5. The summed E-state index contributed by atoms with van der Waals surface area (Å²) in [4.78, 5) is 0. The van der Waals surface area contributed by atoms with Crippen molar-refractivity contribution in [1.29, 1.82) is 0 Å². The van der Waals surface area contributed by atoms with E-state index >= 15 is 0 Å². The van der Waals surface area contributed by atoms with Crippen LogP contribution in [0, 0.1) is 0 Å². The summed E-state index contributed by atoms with van der Waals surface area (Å²) in [7, 11) is 0. The predicted molar refractivity (Wildman–Crippen MR) is 165 cm³/mol. The third-order valence-electron chi connectivity index (χ3n) is 7.73. The fraction of sp³-hybridized carbons (Fsp3) is 0. The lowest BCUT2D eigenvalue weighted by Crippen LogP contribution is -1.86. The average Bonchev–Trinajstić information content (AvgIpc) is 3.60. The van der Waals surface area contributed by atoms with E-state index in [2.05, 4.69) is 127 Å². The zero-order valence-electron chi connectivity index (χ0n) is 21.7. The van der Waals surface area contributed by atoms with Crippen LogP contribution >= 0.6 is 0 Å². The van der Waals surface area contributed by atoms with E-state index in [-0.39, 0.29) is 0 Å². The summed E-state index contributed by atoms with van der Waals surface area (Å²) >= 11 is 0. The molecule has 40 heavy (non-hydrogen) atoms. The monoisotopic (exact) mass is 512 g/mol. The molecule has 0 saturated heterocycles. The fourth-order valence-corrected chi connectivity index (χ4v) is 5.94. The molecule has 0 unspecified atom stereocenters. The molecule has 188 valence electrons. The first-order valence-electron chi connectivity index (χ1n) is 13.5. The maximum Gasteiger partial charge on any atom is 0.144 e. The lowest BCUT2D eigenvalue weighted by atomic mass is 9.92. The van der Waals surface area contributed by atoms with Crippen LogP contribution in [0.3, 0.4) is 0 Å². The van der Waals surface area contributed by atoms with E-state index in [1.54, 1.807) is 0 Å². The quantitative estimate of drug-likeness (QED) is 0.234. The highest BCUT2D eigenvalue weighted by Gasteiger charge is 2.24. The molecule has 0 aliphatic carbocycles. The first kappa shape index (κ1) is 22.6. The summed E-state index contributed by atoms with van der Waals surface area (Å²) in [6.07, 6.45) is 0. The second-order valence-corrected chi connectivity index (χ2v) is 10.0. The molecule has 8 rings (SSSR count). The Kier molecular flexibility index (Phi) is 5.17. The topological polar surface area (TPSA) is 26.3 Å². The number of fused-ring (bicyclic) bond motifs is 4. The second kappa shape index (κ2) is 9.14. The van der Waals surface area contributed by atoms with Crippen LogP contribution in [0.25, 0.3) is 77.6 Å². The van der Waals surface area contributed by atoms with Gasteiger partial charge in [-0.2, -0.15) is 0 Å². The van der Waals surface area contributed by atoms with Crippen LogP contribution in [0.1, 0.15) is 0 Å². The molecular formula is C38H24O2. The fourth-order valence-electron chi connectivity index (χ4n) is 5.94. The summed E-state index contributed by atoms with van der Waals surface area (Å²) in [5, 5.41) is 4.32. The van der Waals surface area contributed by atoms with Gasteiger partial charge in [0.1, 0.15) is 22.7 Å². The third-order valence-corrected chi connectivity index (χ3v) is 7.73. The van der Waals surface area contributed by atoms with E-state index in [0.717, 1.165) is 77.6 Å². The summed E-state index contributed by atoms with van der Waals surface area (Å²) in [6, 6.07) is 50.5. The molecule has 0 bridgehead atoms. The van der Waals surface area contributed by atoms with Crippen molar-refractivity contribution in [2.24, 2.45) is 0 Å². The van der Waals surface area contributed by atoms with E-state index in [1.165, 1.54) is 0 Å². The van der Waals surface area contributed by atoms with E-state index in [0.29, 0.717) is 0 Å². The minimum Gasteiger partial charge on any atom is -0.456 e. The van der Waals surface area contributed by atoms with Crippen LogP contribution in [-0.4, -0.2) is 0 Å². The van der Waals surface area contributed by atoms with Gasteiger partial charge in [-0.25, -0.2) is 0 Å². The SMILES string of the molecule is c1ccc(-c2ccccc2-c2oc(-c3c(-c4ccccc4)ccc4oc5ccccc5c34)c3ccccc23)cc1. The zero-order valence-corrected chi connectivity index (χ0v) is 21.7. The third kappa shape index (κ3) is 3.50. The highest BCUT2D eigenvalue weighted by atomic mass is 16.3. The van der Waals surface area contributed by atoms with E-state index in [9.17, 15) is 0 Å². The van der Waals surface area contributed by atoms with Crippen molar-refractivity contribution in [3.8, 4) is 44.9 Å². The number of para-hydroxylation sites is 1. The molecule has 6 aromatic carbocycles. The number of furan rings is 2. The summed E-state index contributed by atoms with van der Waals surface area (Å²) in [6.45, 7) is 0. The molecule has 0 aliphatic heterocycles. The molecule has 0 amide bonds. The van der Waals surface area contributed by atoms with Gasteiger partial charge < -0.3 is 8.83 Å². The summed E-state index contributed by atoms with van der Waals surface area (Å²) in [5.74, 6) is 1.72. The summed E-state index contributed by atoms with van der Waals surface area (Å²) < 4.78 is 13.4. The normalized spacial score (nSPS) is 11.5. The van der Waals surface area contributed by atoms with Gasteiger partial charge in [-0.1, -0.05) is 127 Å². The van der Waals surface area contributed by atoms with Gasteiger partial charge in [0.15, 0.2) is 0 Å². The molecule has 0 radical (unpaired) electrons. The second-order valence-electron chi connectivity index (χ2n) is 10.0.